The Kier molecular flexibility index (Phi) is 7.95. The van der Waals surface area contributed by atoms with Crippen LogP contribution in [0.25, 0.3) is 5.69 Å². The van der Waals surface area contributed by atoms with Crippen molar-refractivity contribution in [1.82, 2.24) is 20.4 Å². The van der Waals surface area contributed by atoms with Crippen LogP contribution in [0.4, 0.5) is 0 Å². The number of rotatable bonds is 6. The Balaban J connectivity index is 0.00000225. The maximum Gasteiger partial charge on any atom is 0.254 e. The van der Waals surface area contributed by atoms with Crippen LogP contribution in [0.15, 0.2) is 42.7 Å². The van der Waals surface area contributed by atoms with Gasteiger partial charge in [-0.05, 0) is 25.0 Å². The molecule has 1 aromatic carbocycles. The molecule has 1 aliphatic rings. The largest absolute Gasteiger partial charge is 0.351 e. The smallest absolute Gasteiger partial charge is 0.254 e. The van der Waals surface area contributed by atoms with E-state index in [1.807, 2.05) is 30.3 Å². The Morgan fingerprint density at radius 2 is 1.80 bits per heavy atom. The van der Waals surface area contributed by atoms with E-state index in [-0.39, 0.29) is 18.3 Å². The van der Waals surface area contributed by atoms with E-state index in [9.17, 15) is 4.79 Å². The predicted octanol–water partition coefficient (Wildman–Crippen LogP) is 3.34. The monoisotopic (exact) mass is 362 g/mol. The van der Waals surface area contributed by atoms with E-state index in [1.165, 1.54) is 38.5 Å². The van der Waals surface area contributed by atoms with Crippen molar-refractivity contribution in [3.63, 3.8) is 0 Å². The lowest BCUT2D eigenvalue weighted by Gasteiger charge is -2.16. The predicted molar refractivity (Wildman–Crippen MR) is 103 cm³/mol. The van der Waals surface area contributed by atoms with Gasteiger partial charge in [-0.3, -0.25) is 4.79 Å². The molecule has 0 bridgehead atoms. The minimum absolute atomic E-state index is 0. The molecule has 0 saturated heterocycles. The van der Waals surface area contributed by atoms with Gasteiger partial charge in [-0.25, -0.2) is 4.68 Å². The fourth-order valence-corrected chi connectivity index (χ4v) is 3.20. The second kappa shape index (κ2) is 10.2. The van der Waals surface area contributed by atoms with Gasteiger partial charge >= 0.3 is 0 Å². The molecule has 0 unspecified atom stereocenters. The van der Waals surface area contributed by atoms with Crippen molar-refractivity contribution in [1.29, 1.82) is 0 Å². The van der Waals surface area contributed by atoms with Crippen molar-refractivity contribution in [2.75, 3.05) is 13.1 Å². The number of aromatic nitrogens is 2. The molecule has 1 fully saturated rings. The number of carbonyl (C=O) groups excluding carboxylic acids is 1. The summed E-state index contributed by atoms with van der Waals surface area (Å²) < 4.78 is 1.72. The first-order valence-corrected chi connectivity index (χ1v) is 8.94. The summed E-state index contributed by atoms with van der Waals surface area (Å²) in [5.41, 5.74) is 1.54. The zero-order valence-corrected chi connectivity index (χ0v) is 15.3. The average Bonchev–Trinajstić information content (AvgIpc) is 2.97. The molecule has 1 aromatic heterocycles. The highest BCUT2D eigenvalue weighted by molar-refractivity contribution is 5.93. The quantitative estimate of drug-likeness (QED) is 0.612. The van der Waals surface area contributed by atoms with Crippen LogP contribution in [0, 0.1) is 0 Å². The molecule has 1 saturated carbocycles. The van der Waals surface area contributed by atoms with Crippen LogP contribution in [-0.2, 0) is 0 Å². The lowest BCUT2D eigenvalue weighted by atomic mass is 10.1. The highest BCUT2D eigenvalue weighted by atomic mass is 35.5. The van der Waals surface area contributed by atoms with Gasteiger partial charge in [0.2, 0.25) is 0 Å². The van der Waals surface area contributed by atoms with Crippen LogP contribution in [0.3, 0.4) is 0 Å². The van der Waals surface area contributed by atoms with E-state index in [1.54, 1.807) is 17.1 Å². The second-order valence-electron chi connectivity index (χ2n) is 6.41. The zero-order chi connectivity index (χ0) is 16.6. The number of halogens is 1. The van der Waals surface area contributed by atoms with E-state index >= 15 is 0 Å². The lowest BCUT2D eigenvalue weighted by molar-refractivity contribution is 0.0953. The van der Waals surface area contributed by atoms with E-state index in [0.717, 1.165) is 12.2 Å². The van der Waals surface area contributed by atoms with E-state index in [2.05, 4.69) is 15.7 Å². The molecule has 1 aliphatic carbocycles. The second-order valence-corrected chi connectivity index (χ2v) is 6.41. The van der Waals surface area contributed by atoms with Crippen molar-refractivity contribution in [2.45, 2.75) is 44.6 Å². The Morgan fingerprint density at radius 3 is 2.52 bits per heavy atom. The fraction of sp³-hybridized carbons (Fsp3) is 0.474. The van der Waals surface area contributed by atoms with Gasteiger partial charge in [-0.1, -0.05) is 43.9 Å². The van der Waals surface area contributed by atoms with Gasteiger partial charge in [0.25, 0.3) is 5.91 Å². The first kappa shape index (κ1) is 19.5. The molecular weight excluding hydrogens is 336 g/mol. The summed E-state index contributed by atoms with van der Waals surface area (Å²) in [7, 11) is 0. The summed E-state index contributed by atoms with van der Waals surface area (Å²) >= 11 is 0. The molecule has 5 nitrogen and oxygen atoms in total. The van der Waals surface area contributed by atoms with Gasteiger partial charge in [-0.2, -0.15) is 5.10 Å². The number of nitrogens with zero attached hydrogens (tertiary/aromatic N) is 2. The summed E-state index contributed by atoms with van der Waals surface area (Å²) in [6.07, 6.45) is 11.3. The number of carbonyl (C=O) groups is 1. The van der Waals surface area contributed by atoms with Crippen molar-refractivity contribution in [3.05, 3.63) is 48.3 Å². The molecule has 0 aliphatic heterocycles. The maximum atomic E-state index is 12.2. The number of nitrogens with one attached hydrogen (secondary N) is 2. The first-order chi connectivity index (χ1) is 11.8. The molecular formula is C19H27ClN4O. The molecule has 3 rings (SSSR count). The topological polar surface area (TPSA) is 59.0 Å². The number of amides is 1. The van der Waals surface area contributed by atoms with Crippen LogP contribution >= 0.6 is 12.4 Å². The van der Waals surface area contributed by atoms with Gasteiger partial charge in [0.15, 0.2) is 0 Å². The average molecular weight is 363 g/mol. The molecule has 6 heteroatoms. The zero-order valence-electron chi connectivity index (χ0n) is 14.5. The van der Waals surface area contributed by atoms with Crippen LogP contribution in [0.5, 0.6) is 0 Å². The van der Waals surface area contributed by atoms with Crippen molar-refractivity contribution < 1.29 is 4.79 Å². The standard InChI is InChI=1S/C19H26N4O.ClH/c24-19(21-13-12-20-17-8-4-1-2-5-9-17)16-14-22-23(15-16)18-10-6-3-7-11-18;/h3,6-7,10-11,14-15,17,20H,1-2,4-5,8-9,12-13H2,(H,21,24);1H. The van der Waals surface area contributed by atoms with E-state index in [4.69, 9.17) is 0 Å². The fourth-order valence-electron chi connectivity index (χ4n) is 3.20. The van der Waals surface area contributed by atoms with E-state index < -0.39 is 0 Å². The van der Waals surface area contributed by atoms with Crippen molar-refractivity contribution in [2.24, 2.45) is 0 Å². The van der Waals surface area contributed by atoms with Crippen molar-refractivity contribution in [3.8, 4) is 5.69 Å². The van der Waals surface area contributed by atoms with E-state index in [0.29, 0.717) is 18.2 Å². The third-order valence-electron chi connectivity index (χ3n) is 4.56. The van der Waals surface area contributed by atoms with Gasteiger partial charge in [-0.15, -0.1) is 12.4 Å². The Hall–Kier alpha value is -1.85. The van der Waals surface area contributed by atoms with Gasteiger partial charge in [0.1, 0.15) is 0 Å². The third kappa shape index (κ3) is 5.87. The maximum absolute atomic E-state index is 12.2. The number of benzene rings is 1. The number of hydrogen-bond donors (Lipinski definition) is 2. The minimum Gasteiger partial charge on any atom is -0.351 e. The van der Waals surface area contributed by atoms with Gasteiger partial charge in [0, 0.05) is 25.3 Å². The summed E-state index contributed by atoms with van der Waals surface area (Å²) in [6, 6.07) is 10.4. The first-order valence-electron chi connectivity index (χ1n) is 8.94. The molecule has 0 atom stereocenters. The van der Waals surface area contributed by atoms with Crippen molar-refractivity contribution >= 4 is 18.3 Å². The van der Waals surface area contributed by atoms with Crippen LogP contribution in [-0.4, -0.2) is 34.8 Å². The van der Waals surface area contributed by atoms with Gasteiger partial charge < -0.3 is 10.6 Å². The molecule has 1 heterocycles. The van der Waals surface area contributed by atoms with Crippen LogP contribution < -0.4 is 10.6 Å². The molecule has 1 amide bonds. The summed E-state index contributed by atoms with van der Waals surface area (Å²) in [6.45, 7) is 1.47. The molecule has 2 aromatic rings. The van der Waals surface area contributed by atoms with Gasteiger partial charge in [0.05, 0.1) is 17.4 Å². The highest BCUT2D eigenvalue weighted by Gasteiger charge is 2.12. The molecule has 136 valence electrons. The third-order valence-corrected chi connectivity index (χ3v) is 4.56. The highest BCUT2D eigenvalue weighted by Crippen LogP contribution is 2.16. The summed E-state index contributed by atoms with van der Waals surface area (Å²) in [4.78, 5) is 12.2. The molecule has 0 spiro atoms. The molecule has 25 heavy (non-hydrogen) atoms. The minimum atomic E-state index is -0.0696. The number of para-hydroxylation sites is 1. The van der Waals surface area contributed by atoms with Crippen LogP contribution in [0.1, 0.15) is 48.9 Å². The normalized spacial score (nSPS) is 15.2. The SMILES string of the molecule is Cl.O=C(NCCNC1CCCCCC1)c1cnn(-c2ccccc2)c1. The summed E-state index contributed by atoms with van der Waals surface area (Å²) in [5.74, 6) is -0.0696. The molecule has 0 radical (unpaired) electrons. The summed E-state index contributed by atoms with van der Waals surface area (Å²) in [5, 5.41) is 10.8. The Labute approximate surface area is 155 Å². The molecule has 2 N–H and O–H groups in total. The number of hydrogen-bond acceptors (Lipinski definition) is 3. The Bertz CT molecular complexity index is 636. The Morgan fingerprint density at radius 1 is 1.08 bits per heavy atom. The van der Waals surface area contributed by atoms with Crippen LogP contribution in [0.2, 0.25) is 0 Å². The lowest BCUT2D eigenvalue weighted by Crippen LogP contribution is -2.36.